The molecule has 1 aromatic heterocycles. The predicted molar refractivity (Wildman–Crippen MR) is 93.1 cm³/mol. The minimum absolute atomic E-state index is 0.488. The first-order valence-corrected chi connectivity index (χ1v) is 7.53. The summed E-state index contributed by atoms with van der Waals surface area (Å²) in [5.74, 6) is 0. The molecule has 0 saturated heterocycles. The van der Waals surface area contributed by atoms with Gasteiger partial charge in [0.1, 0.15) is 10.7 Å². The highest BCUT2D eigenvalue weighted by molar-refractivity contribution is 7.81. The fourth-order valence-electron chi connectivity index (χ4n) is 1.82. The number of aromatic nitrogens is 3. The van der Waals surface area contributed by atoms with E-state index in [-0.39, 0.29) is 0 Å². The van der Waals surface area contributed by atoms with E-state index >= 15 is 0 Å². The number of thiocarbonyl (C=S) groups is 1. The van der Waals surface area contributed by atoms with Gasteiger partial charge in [0.25, 0.3) is 0 Å². The molecule has 0 atom stereocenters. The second-order valence-corrected chi connectivity index (χ2v) is 5.77. The Kier molecular flexibility index (Phi) is 4.38. The number of rotatable bonds is 3. The lowest BCUT2D eigenvalue weighted by Crippen LogP contribution is -2.10. The van der Waals surface area contributed by atoms with Gasteiger partial charge in [-0.2, -0.15) is 0 Å². The van der Waals surface area contributed by atoms with Crippen LogP contribution in [0.4, 0.5) is 5.69 Å². The first-order chi connectivity index (χ1) is 10.6. The van der Waals surface area contributed by atoms with Crippen LogP contribution in [0.15, 0.2) is 54.7 Å². The zero-order valence-corrected chi connectivity index (χ0v) is 13.5. The molecule has 0 fully saturated rings. The first kappa shape index (κ1) is 15.0. The molecule has 0 aliphatic rings. The Morgan fingerprint density at radius 2 is 1.55 bits per heavy atom. The standard InChI is InChI=1S/C15H10Cl2N4S/c16-10-1-5-12(6-2-10)18-15(22)14-9-21(20-19-14)13-7-3-11(17)4-8-13/h1-9H,(H,18,22). The molecule has 0 bridgehead atoms. The van der Waals surface area contributed by atoms with Crippen LogP contribution in [0.5, 0.6) is 0 Å². The Morgan fingerprint density at radius 3 is 2.18 bits per heavy atom. The molecule has 3 aromatic rings. The van der Waals surface area contributed by atoms with E-state index in [1.807, 2.05) is 24.3 Å². The van der Waals surface area contributed by atoms with Gasteiger partial charge in [0.05, 0.1) is 11.9 Å². The summed E-state index contributed by atoms with van der Waals surface area (Å²) in [6, 6.07) is 14.6. The van der Waals surface area contributed by atoms with Crippen LogP contribution >= 0.6 is 35.4 Å². The number of hydrogen-bond acceptors (Lipinski definition) is 3. The van der Waals surface area contributed by atoms with Crippen molar-refractivity contribution in [3.8, 4) is 5.69 Å². The normalized spacial score (nSPS) is 10.5. The highest BCUT2D eigenvalue weighted by Crippen LogP contribution is 2.15. The number of hydrogen-bond donors (Lipinski definition) is 1. The lowest BCUT2D eigenvalue weighted by molar-refractivity contribution is 0.803. The fourth-order valence-corrected chi connectivity index (χ4v) is 2.28. The van der Waals surface area contributed by atoms with Crippen molar-refractivity contribution in [2.24, 2.45) is 0 Å². The molecule has 0 aliphatic heterocycles. The SMILES string of the molecule is S=C(Nc1ccc(Cl)cc1)c1cn(-c2ccc(Cl)cc2)nn1. The Bertz CT molecular complexity index is 797. The zero-order valence-electron chi connectivity index (χ0n) is 11.2. The minimum Gasteiger partial charge on any atom is -0.345 e. The fraction of sp³-hybridized carbons (Fsp3) is 0. The van der Waals surface area contributed by atoms with Gasteiger partial charge in [0.15, 0.2) is 0 Å². The molecular weight excluding hydrogens is 339 g/mol. The average molecular weight is 349 g/mol. The van der Waals surface area contributed by atoms with Crippen molar-refractivity contribution in [3.05, 3.63) is 70.5 Å². The molecule has 110 valence electrons. The average Bonchev–Trinajstić information content (AvgIpc) is 3.00. The third kappa shape index (κ3) is 3.44. The van der Waals surface area contributed by atoms with Crippen LogP contribution in [0.3, 0.4) is 0 Å². The number of nitrogens with one attached hydrogen (secondary N) is 1. The molecule has 0 radical (unpaired) electrons. The summed E-state index contributed by atoms with van der Waals surface area (Å²) in [6.45, 7) is 0. The van der Waals surface area contributed by atoms with Gasteiger partial charge in [-0.05, 0) is 48.5 Å². The van der Waals surface area contributed by atoms with Crippen molar-refractivity contribution in [2.75, 3.05) is 5.32 Å². The summed E-state index contributed by atoms with van der Waals surface area (Å²) >= 11 is 17.1. The highest BCUT2D eigenvalue weighted by atomic mass is 35.5. The van der Waals surface area contributed by atoms with Crippen LogP contribution in [0.25, 0.3) is 5.69 Å². The Balaban J connectivity index is 1.76. The smallest absolute Gasteiger partial charge is 0.140 e. The molecule has 3 rings (SSSR count). The summed E-state index contributed by atoms with van der Waals surface area (Å²) in [5, 5.41) is 12.6. The van der Waals surface area contributed by atoms with Gasteiger partial charge < -0.3 is 5.32 Å². The lowest BCUT2D eigenvalue weighted by Gasteiger charge is -2.04. The van der Waals surface area contributed by atoms with E-state index < -0.39 is 0 Å². The van der Waals surface area contributed by atoms with Crippen molar-refractivity contribution in [1.82, 2.24) is 15.0 Å². The van der Waals surface area contributed by atoms with Gasteiger partial charge in [0, 0.05) is 15.7 Å². The lowest BCUT2D eigenvalue weighted by atomic mass is 10.3. The van der Waals surface area contributed by atoms with Crippen molar-refractivity contribution < 1.29 is 0 Å². The third-order valence-electron chi connectivity index (χ3n) is 2.92. The van der Waals surface area contributed by atoms with Crippen LogP contribution in [-0.2, 0) is 0 Å². The van der Waals surface area contributed by atoms with Crippen molar-refractivity contribution in [1.29, 1.82) is 0 Å². The maximum absolute atomic E-state index is 5.87. The van der Waals surface area contributed by atoms with Crippen LogP contribution in [0, 0.1) is 0 Å². The van der Waals surface area contributed by atoms with Crippen molar-refractivity contribution in [3.63, 3.8) is 0 Å². The van der Waals surface area contributed by atoms with Gasteiger partial charge in [-0.25, -0.2) is 4.68 Å². The molecule has 1 heterocycles. The Labute approximate surface area is 142 Å². The summed E-state index contributed by atoms with van der Waals surface area (Å²) in [7, 11) is 0. The Morgan fingerprint density at radius 1 is 0.955 bits per heavy atom. The van der Waals surface area contributed by atoms with Gasteiger partial charge in [-0.3, -0.25) is 0 Å². The quantitative estimate of drug-likeness (QED) is 0.714. The summed E-state index contributed by atoms with van der Waals surface area (Å²) < 4.78 is 1.64. The second-order valence-electron chi connectivity index (χ2n) is 4.49. The molecule has 0 amide bonds. The zero-order chi connectivity index (χ0) is 15.5. The van der Waals surface area contributed by atoms with Gasteiger partial charge in [0.2, 0.25) is 0 Å². The van der Waals surface area contributed by atoms with E-state index in [9.17, 15) is 0 Å². The van der Waals surface area contributed by atoms with E-state index in [0.29, 0.717) is 20.7 Å². The summed E-state index contributed by atoms with van der Waals surface area (Å²) in [5.41, 5.74) is 2.28. The van der Waals surface area contributed by atoms with Crippen LogP contribution in [0.1, 0.15) is 5.69 Å². The van der Waals surface area contributed by atoms with Crippen LogP contribution < -0.4 is 5.32 Å². The molecule has 2 aromatic carbocycles. The minimum atomic E-state index is 0.488. The molecule has 0 aliphatic carbocycles. The molecular formula is C15H10Cl2N4S. The highest BCUT2D eigenvalue weighted by Gasteiger charge is 2.08. The first-order valence-electron chi connectivity index (χ1n) is 6.37. The predicted octanol–water partition coefficient (Wildman–Crippen LogP) is 4.36. The second kappa shape index (κ2) is 6.44. The van der Waals surface area contributed by atoms with E-state index in [2.05, 4.69) is 15.6 Å². The molecule has 7 heteroatoms. The number of halogens is 2. The maximum Gasteiger partial charge on any atom is 0.140 e. The van der Waals surface area contributed by atoms with E-state index in [1.165, 1.54) is 0 Å². The topological polar surface area (TPSA) is 42.7 Å². The van der Waals surface area contributed by atoms with Crippen LogP contribution in [-0.4, -0.2) is 20.0 Å². The van der Waals surface area contributed by atoms with Crippen LogP contribution in [0.2, 0.25) is 10.0 Å². The van der Waals surface area contributed by atoms with Crippen molar-refractivity contribution >= 4 is 46.1 Å². The van der Waals surface area contributed by atoms with Crippen molar-refractivity contribution in [2.45, 2.75) is 0 Å². The molecule has 0 unspecified atom stereocenters. The summed E-state index contributed by atoms with van der Waals surface area (Å²) in [4.78, 5) is 0.488. The Hall–Kier alpha value is -1.95. The molecule has 4 nitrogen and oxygen atoms in total. The number of benzene rings is 2. The van der Waals surface area contributed by atoms with Gasteiger partial charge in [-0.15, -0.1) is 5.10 Å². The van der Waals surface area contributed by atoms with E-state index in [0.717, 1.165) is 11.4 Å². The third-order valence-corrected chi connectivity index (χ3v) is 3.73. The van der Waals surface area contributed by atoms with E-state index in [1.54, 1.807) is 35.1 Å². The number of nitrogens with zero attached hydrogens (tertiary/aromatic N) is 3. The summed E-state index contributed by atoms with van der Waals surface area (Å²) in [6.07, 6.45) is 1.76. The van der Waals surface area contributed by atoms with Gasteiger partial charge in [-0.1, -0.05) is 40.6 Å². The number of anilines is 1. The van der Waals surface area contributed by atoms with Gasteiger partial charge >= 0.3 is 0 Å². The molecule has 22 heavy (non-hydrogen) atoms. The largest absolute Gasteiger partial charge is 0.345 e. The monoisotopic (exact) mass is 348 g/mol. The molecule has 0 saturated carbocycles. The van der Waals surface area contributed by atoms with E-state index in [4.69, 9.17) is 35.4 Å². The maximum atomic E-state index is 5.87. The molecule has 1 N–H and O–H groups in total. The molecule has 0 spiro atoms.